The Hall–Kier alpha value is -0.570. The normalized spacial score (nSPS) is 11.9. The Labute approximate surface area is 93.5 Å². The maximum atomic E-state index is 12.2. The maximum Gasteiger partial charge on any atom is 0.228 e. The van der Waals surface area contributed by atoms with Crippen molar-refractivity contribution in [2.24, 2.45) is 5.41 Å². The molecule has 0 spiro atoms. The Morgan fingerprint density at radius 2 is 1.93 bits per heavy atom. The van der Waals surface area contributed by atoms with Gasteiger partial charge in [-0.3, -0.25) is 4.79 Å². The van der Waals surface area contributed by atoms with Crippen LogP contribution >= 0.6 is 0 Å². The minimum absolute atomic E-state index is 0.142. The molecule has 0 atom stereocenters. The highest BCUT2D eigenvalue weighted by molar-refractivity contribution is 5.82. The molecule has 0 aromatic heterocycles. The van der Waals surface area contributed by atoms with E-state index in [1.807, 2.05) is 39.5 Å². The first-order valence-corrected chi connectivity index (χ1v) is 5.78. The molecule has 3 nitrogen and oxygen atoms in total. The van der Waals surface area contributed by atoms with Gasteiger partial charge < -0.3 is 10.0 Å². The number of rotatable bonds is 6. The average molecular weight is 215 g/mol. The van der Waals surface area contributed by atoms with Crippen LogP contribution in [0.3, 0.4) is 0 Å². The van der Waals surface area contributed by atoms with E-state index < -0.39 is 0 Å². The van der Waals surface area contributed by atoms with Crippen LogP contribution in [0.25, 0.3) is 0 Å². The molecule has 0 aromatic carbocycles. The van der Waals surface area contributed by atoms with Crippen molar-refractivity contribution in [1.29, 1.82) is 0 Å². The molecule has 0 rings (SSSR count). The van der Waals surface area contributed by atoms with Crippen molar-refractivity contribution in [3.8, 4) is 0 Å². The van der Waals surface area contributed by atoms with E-state index in [1.165, 1.54) is 0 Å². The lowest BCUT2D eigenvalue weighted by Gasteiger charge is -2.34. The van der Waals surface area contributed by atoms with Gasteiger partial charge >= 0.3 is 0 Å². The zero-order valence-corrected chi connectivity index (χ0v) is 10.7. The van der Waals surface area contributed by atoms with Crippen LogP contribution in [0.15, 0.2) is 0 Å². The molecule has 0 bridgehead atoms. The van der Waals surface area contributed by atoms with Gasteiger partial charge in [0.25, 0.3) is 0 Å². The summed E-state index contributed by atoms with van der Waals surface area (Å²) in [4.78, 5) is 14.0. The first kappa shape index (κ1) is 14.4. The third-order valence-electron chi connectivity index (χ3n) is 2.90. The molecule has 0 aliphatic heterocycles. The Balaban J connectivity index is 4.55. The molecule has 0 unspecified atom stereocenters. The van der Waals surface area contributed by atoms with Crippen LogP contribution in [0.1, 0.15) is 47.5 Å². The van der Waals surface area contributed by atoms with Gasteiger partial charge in [-0.1, -0.05) is 20.8 Å². The highest BCUT2D eigenvalue weighted by Crippen LogP contribution is 2.24. The largest absolute Gasteiger partial charge is 0.396 e. The number of carbonyl (C=O) groups is 1. The molecule has 0 aliphatic carbocycles. The summed E-state index contributed by atoms with van der Waals surface area (Å²) < 4.78 is 0. The minimum atomic E-state index is -0.292. The molecule has 15 heavy (non-hydrogen) atoms. The number of hydrogen-bond acceptors (Lipinski definition) is 2. The van der Waals surface area contributed by atoms with Gasteiger partial charge in [0, 0.05) is 24.6 Å². The summed E-state index contributed by atoms with van der Waals surface area (Å²) in [5.41, 5.74) is -0.292. The number of carbonyl (C=O) groups excluding carboxylic acids is 1. The van der Waals surface area contributed by atoms with Crippen LogP contribution in [0.5, 0.6) is 0 Å². The van der Waals surface area contributed by atoms with Gasteiger partial charge in [0.05, 0.1) is 0 Å². The molecule has 0 aromatic rings. The summed E-state index contributed by atoms with van der Waals surface area (Å²) in [6.45, 7) is 10.8. The highest BCUT2D eigenvalue weighted by Gasteiger charge is 2.31. The summed E-state index contributed by atoms with van der Waals surface area (Å²) in [6, 6.07) is 0.204. The molecular weight excluding hydrogens is 190 g/mol. The topological polar surface area (TPSA) is 40.5 Å². The van der Waals surface area contributed by atoms with Gasteiger partial charge in [-0.25, -0.2) is 0 Å². The molecule has 0 fully saturated rings. The average Bonchev–Trinajstić information content (AvgIpc) is 2.17. The van der Waals surface area contributed by atoms with Crippen molar-refractivity contribution < 1.29 is 9.90 Å². The van der Waals surface area contributed by atoms with E-state index in [9.17, 15) is 4.79 Å². The first-order valence-electron chi connectivity index (χ1n) is 5.78. The van der Waals surface area contributed by atoms with Gasteiger partial charge in [-0.05, 0) is 26.7 Å². The smallest absolute Gasteiger partial charge is 0.228 e. The van der Waals surface area contributed by atoms with Gasteiger partial charge in [0.1, 0.15) is 0 Å². The van der Waals surface area contributed by atoms with Crippen LogP contribution in [-0.2, 0) is 4.79 Å². The third-order valence-corrected chi connectivity index (χ3v) is 2.90. The number of aliphatic hydroxyl groups excluding tert-OH is 1. The number of aliphatic hydroxyl groups is 1. The highest BCUT2D eigenvalue weighted by atomic mass is 16.3. The van der Waals surface area contributed by atoms with Crippen molar-refractivity contribution in [3.63, 3.8) is 0 Å². The van der Waals surface area contributed by atoms with Crippen molar-refractivity contribution >= 4 is 5.91 Å². The lowest BCUT2D eigenvalue weighted by atomic mass is 9.88. The van der Waals surface area contributed by atoms with Crippen LogP contribution < -0.4 is 0 Å². The second kappa shape index (κ2) is 6.11. The van der Waals surface area contributed by atoms with Crippen LogP contribution in [-0.4, -0.2) is 35.1 Å². The van der Waals surface area contributed by atoms with Gasteiger partial charge in [-0.2, -0.15) is 0 Å². The van der Waals surface area contributed by atoms with Crippen LogP contribution in [0.4, 0.5) is 0 Å². The second-order valence-electron chi connectivity index (χ2n) is 4.91. The van der Waals surface area contributed by atoms with E-state index in [4.69, 9.17) is 5.11 Å². The number of hydrogen-bond donors (Lipinski definition) is 1. The lowest BCUT2D eigenvalue weighted by molar-refractivity contribution is -0.142. The predicted molar refractivity (Wildman–Crippen MR) is 62.6 cm³/mol. The Morgan fingerprint density at radius 1 is 1.40 bits per heavy atom. The fourth-order valence-corrected chi connectivity index (χ4v) is 1.38. The third kappa shape index (κ3) is 4.20. The molecule has 90 valence electrons. The minimum Gasteiger partial charge on any atom is -0.396 e. The second-order valence-corrected chi connectivity index (χ2v) is 4.91. The zero-order valence-electron chi connectivity index (χ0n) is 10.7. The Bertz CT molecular complexity index is 200. The Kier molecular flexibility index (Phi) is 5.88. The van der Waals surface area contributed by atoms with Gasteiger partial charge in [0.15, 0.2) is 0 Å². The number of nitrogens with zero attached hydrogens (tertiary/aromatic N) is 1. The van der Waals surface area contributed by atoms with Crippen molar-refractivity contribution in [1.82, 2.24) is 4.90 Å². The van der Waals surface area contributed by atoms with Crippen molar-refractivity contribution in [3.05, 3.63) is 0 Å². The molecule has 1 amide bonds. The summed E-state index contributed by atoms with van der Waals surface area (Å²) in [5, 5.41) is 8.80. The predicted octanol–water partition coefficient (Wildman–Crippen LogP) is 2.04. The van der Waals surface area contributed by atoms with Gasteiger partial charge in [0.2, 0.25) is 5.91 Å². The van der Waals surface area contributed by atoms with E-state index in [1.54, 1.807) is 0 Å². The molecule has 1 N–H and O–H groups in total. The molecule has 0 aliphatic rings. The monoisotopic (exact) mass is 215 g/mol. The van der Waals surface area contributed by atoms with E-state index >= 15 is 0 Å². The fourth-order valence-electron chi connectivity index (χ4n) is 1.38. The van der Waals surface area contributed by atoms with Crippen molar-refractivity contribution in [2.75, 3.05) is 13.2 Å². The zero-order chi connectivity index (χ0) is 12.1. The molecule has 0 heterocycles. The molecule has 0 saturated heterocycles. The molecule has 0 radical (unpaired) electrons. The molecule has 0 saturated carbocycles. The Morgan fingerprint density at radius 3 is 2.27 bits per heavy atom. The standard InChI is InChI=1S/C12H25NO2/c1-6-12(4,5)11(15)13(10(2)3)8-7-9-14/h10,14H,6-9H2,1-5H3. The molecule has 3 heteroatoms. The van der Waals surface area contributed by atoms with E-state index in [0.29, 0.717) is 13.0 Å². The molecular formula is C12H25NO2. The first-order chi connectivity index (χ1) is 6.86. The quantitative estimate of drug-likeness (QED) is 0.736. The van der Waals surface area contributed by atoms with E-state index in [0.717, 1.165) is 6.42 Å². The maximum absolute atomic E-state index is 12.2. The lowest BCUT2D eigenvalue weighted by Crippen LogP contribution is -2.45. The summed E-state index contributed by atoms with van der Waals surface area (Å²) in [7, 11) is 0. The fraction of sp³-hybridized carbons (Fsp3) is 0.917. The van der Waals surface area contributed by atoms with Crippen molar-refractivity contribution in [2.45, 2.75) is 53.5 Å². The van der Waals surface area contributed by atoms with Crippen LogP contribution in [0.2, 0.25) is 0 Å². The van der Waals surface area contributed by atoms with Gasteiger partial charge in [-0.15, -0.1) is 0 Å². The van der Waals surface area contributed by atoms with Crippen LogP contribution in [0, 0.1) is 5.41 Å². The summed E-state index contributed by atoms with van der Waals surface area (Å²) in [6.07, 6.45) is 1.50. The van der Waals surface area contributed by atoms with E-state index in [2.05, 4.69) is 0 Å². The number of amides is 1. The van der Waals surface area contributed by atoms with E-state index in [-0.39, 0.29) is 24.0 Å². The summed E-state index contributed by atoms with van der Waals surface area (Å²) in [5.74, 6) is 0.188. The summed E-state index contributed by atoms with van der Waals surface area (Å²) >= 11 is 0. The SMILES string of the molecule is CCC(C)(C)C(=O)N(CCCO)C(C)C.